The van der Waals surface area contributed by atoms with E-state index in [1.54, 1.807) is 0 Å². The molecular weight excluding hydrogens is 183 g/mol. The first kappa shape index (κ1) is 13.5. The van der Waals surface area contributed by atoms with Gasteiger partial charge in [-0.1, -0.05) is 66.7 Å². The van der Waals surface area contributed by atoms with E-state index in [0.29, 0.717) is 0 Å². The van der Waals surface area contributed by atoms with E-state index in [-0.39, 0.29) is 15.0 Å². The Bertz CT molecular complexity index is 294. The van der Waals surface area contributed by atoms with Crippen molar-refractivity contribution in [2.75, 3.05) is 0 Å². The maximum Gasteiger partial charge on any atom is 0.0681 e. The van der Waals surface area contributed by atoms with Crippen molar-refractivity contribution in [1.82, 2.24) is 0 Å². The first-order valence-corrected chi connectivity index (χ1v) is 4.58. The molecule has 0 aliphatic carbocycles. The Morgan fingerprint density at radius 1 is 0.667 bits per heavy atom. The van der Waals surface area contributed by atoms with Gasteiger partial charge < -0.3 is 5.11 Å². The summed E-state index contributed by atoms with van der Waals surface area (Å²) in [6, 6.07) is 21.5. The number of rotatable bonds is 1. The van der Waals surface area contributed by atoms with Gasteiger partial charge in [-0.3, -0.25) is 0 Å². The van der Waals surface area contributed by atoms with Gasteiger partial charge in [-0.25, -0.2) is 0 Å². The Hall–Kier alpha value is -1.54. The van der Waals surface area contributed by atoms with Crippen LogP contribution < -0.4 is 0 Å². The van der Waals surface area contributed by atoms with Gasteiger partial charge in [0.2, 0.25) is 0 Å². The lowest BCUT2D eigenvalue weighted by atomic mass is 10.2. The Labute approximate surface area is 93.0 Å². The molecule has 0 aliphatic heterocycles. The van der Waals surface area contributed by atoms with E-state index in [1.807, 2.05) is 66.7 Å². The molecule has 0 atom stereocenters. The molecule has 15 heavy (non-hydrogen) atoms. The molecule has 0 fully saturated rings. The van der Waals surface area contributed by atoms with Crippen molar-refractivity contribution >= 4 is 8.41 Å². The van der Waals surface area contributed by atoms with Crippen molar-refractivity contribution in [2.24, 2.45) is 0 Å². The molecule has 0 spiro atoms. The van der Waals surface area contributed by atoms with Gasteiger partial charge in [-0.05, 0) is 5.56 Å². The van der Waals surface area contributed by atoms with Crippen LogP contribution in [-0.2, 0) is 6.61 Å². The maximum absolute atomic E-state index is 8.54. The Balaban J connectivity index is 0.000000253. The number of hydrogen-bond acceptors (Lipinski definition) is 1. The highest BCUT2D eigenvalue weighted by Gasteiger charge is 1.81. The first-order valence-electron chi connectivity index (χ1n) is 4.58. The molecule has 0 amide bonds. The summed E-state index contributed by atoms with van der Waals surface area (Å²) in [5, 5.41) is 8.54. The first-order chi connectivity index (χ1) is 6.93. The second kappa shape index (κ2) is 9.04. The van der Waals surface area contributed by atoms with E-state index < -0.39 is 0 Å². The van der Waals surface area contributed by atoms with E-state index in [9.17, 15) is 0 Å². The lowest BCUT2D eigenvalue weighted by molar-refractivity contribution is 0.282. The van der Waals surface area contributed by atoms with Gasteiger partial charge in [0, 0.05) is 8.41 Å². The summed E-state index contributed by atoms with van der Waals surface area (Å²) in [5.74, 6) is 0. The third-order valence-corrected chi connectivity index (χ3v) is 1.69. The molecule has 2 heteroatoms. The standard InChI is InChI=1S/C7H8O.C6H6.B/c8-6-7-4-2-1-3-5-7;1-2-4-6-5-3-1;/h1-5,8H,6H2;1-6H;. The van der Waals surface area contributed by atoms with Gasteiger partial charge in [0.15, 0.2) is 0 Å². The Morgan fingerprint density at radius 3 is 1.27 bits per heavy atom. The van der Waals surface area contributed by atoms with Gasteiger partial charge >= 0.3 is 0 Å². The van der Waals surface area contributed by atoms with E-state index in [4.69, 9.17) is 5.11 Å². The summed E-state index contributed by atoms with van der Waals surface area (Å²) in [5.41, 5.74) is 0.965. The molecule has 0 aliphatic rings. The van der Waals surface area contributed by atoms with Gasteiger partial charge in [-0.15, -0.1) is 0 Å². The molecule has 1 nitrogen and oxygen atoms in total. The zero-order valence-corrected chi connectivity index (χ0v) is 8.58. The van der Waals surface area contributed by atoms with E-state index >= 15 is 0 Å². The minimum Gasteiger partial charge on any atom is -0.392 e. The molecule has 2 rings (SSSR count). The monoisotopic (exact) mass is 197 g/mol. The average molecular weight is 197 g/mol. The smallest absolute Gasteiger partial charge is 0.0681 e. The fourth-order valence-corrected chi connectivity index (χ4v) is 0.968. The van der Waals surface area contributed by atoms with E-state index in [0.717, 1.165) is 5.56 Å². The van der Waals surface area contributed by atoms with Crippen LogP contribution >= 0.6 is 0 Å². The second-order valence-corrected chi connectivity index (χ2v) is 2.80. The predicted octanol–water partition coefficient (Wildman–Crippen LogP) is 2.48. The topological polar surface area (TPSA) is 20.2 Å². The second-order valence-electron chi connectivity index (χ2n) is 2.80. The van der Waals surface area contributed by atoms with Crippen molar-refractivity contribution in [3.8, 4) is 0 Å². The zero-order chi connectivity index (χ0) is 10.1. The maximum atomic E-state index is 8.54. The van der Waals surface area contributed by atoms with Gasteiger partial charge in [0.1, 0.15) is 0 Å². The molecule has 0 saturated heterocycles. The van der Waals surface area contributed by atoms with E-state index in [2.05, 4.69) is 0 Å². The Morgan fingerprint density at radius 2 is 1.00 bits per heavy atom. The summed E-state index contributed by atoms with van der Waals surface area (Å²) in [6.07, 6.45) is 0. The van der Waals surface area contributed by atoms with Crippen LogP contribution in [0.25, 0.3) is 0 Å². The molecule has 0 aromatic heterocycles. The van der Waals surface area contributed by atoms with Crippen LogP contribution in [0.4, 0.5) is 0 Å². The molecular formula is C13H14BO. The molecule has 1 N–H and O–H groups in total. The van der Waals surface area contributed by atoms with Crippen LogP contribution in [0, 0.1) is 0 Å². The highest BCUT2D eigenvalue weighted by atomic mass is 16.3. The molecule has 3 radical (unpaired) electrons. The summed E-state index contributed by atoms with van der Waals surface area (Å²) in [4.78, 5) is 0. The van der Waals surface area contributed by atoms with Crippen LogP contribution in [0.1, 0.15) is 5.56 Å². The van der Waals surface area contributed by atoms with Crippen molar-refractivity contribution in [2.45, 2.75) is 6.61 Å². The van der Waals surface area contributed by atoms with Crippen LogP contribution in [-0.4, -0.2) is 13.5 Å². The summed E-state index contributed by atoms with van der Waals surface area (Å²) in [6.45, 7) is 0.140. The quantitative estimate of drug-likeness (QED) is 0.696. The minimum atomic E-state index is 0. The molecule has 2 aromatic rings. The third kappa shape index (κ3) is 6.52. The summed E-state index contributed by atoms with van der Waals surface area (Å²) < 4.78 is 0. The fourth-order valence-electron chi connectivity index (χ4n) is 0.968. The molecule has 0 heterocycles. The van der Waals surface area contributed by atoms with Crippen LogP contribution in [0.5, 0.6) is 0 Å². The average Bonchev–Trinajstić information content (AvgIpc) is 2.33. The van der Waals surface area contributed by atoms with Crippen molar-refractivity contribution in [1.29, 1.82) is 0 Å². The normalized spacial score (nSPS) is 8.07. The van der Waals surface area contributed by atoms with Crippen LogP contribution in [0.3, 0.4) is 0 Å². The zero-order valence-electron chi connectivity index (χ0n) is 8.58. The number of hydrogen-bond donors (Lipinski definition) is 1. The molecule has 0 saturated carbocycles. The summed E-state index contributed by atoms with van der Waals surface area (Å²) in [7, 11) is 0. The SMILES string of the molecule is OCc1ccccc1.[B].c1ccccc1. The molecule has 2 aromatic carbocycles. The Kier molecular flexibility index (Phi) is 8.11. The van der Waals surface area contributed by atoms with E-state index in [1.165, 1.54) is 0 Å². The third-order valence-electron chi connectivity index (χ3n) is 1.69. The number of benzene rings is 2. The van der Waals surface area contributed by atoms with Crippen LogP contribution in [0.15, 0.2) is 66.7 Å². The molecule has 0 bridgehead atoms. The van der Waals surface area contributed by atoms with Crippen molar-refractivity contribution in [3.05, 3.63) is 72.3 Å². The predicted molar refractivity (Wildman–Crippen MR) is 64.6 cm³/mol. The highest BCUT2D eigenvalue weighted by Crippen LogP contribution is 1.95. The number of aliphatic hydroxyl groups excluding tert-OH is 1. The van der Waals surface area contributed by atoms with Crippen molar-refractivity contribution < 1.29 is 5.11 Å². The minimum absolute atomic E-state index is 0. The largest absolute Gasteiger partial charge is 0.392 e. The van der Waals surface area contributed by atoms with Gasteiger partial charge in [0.05, 0.1) is 6.61 Å². The highest BCUT2D eigenvalue weighted by molar-refractivity contribution is 5.75. The fraction of sp³-hybridized carbons (Fsp3) is 0.0769. The molecule has 0 unspecified atom stereocenters. The number of aliphatic hydroxyl groups is 1. The van der Waals surface area contributed by atoms with Gasteiger partial charge in [-0.2, -0.15) is 0 Å². The lowest BCUT2D eigenvalue weighted by Gasteiger charge is -1.89. The van der Waals surface area contributed by atoms with Crippen LogP contribution in [0.2, 0.25) is 0 Å². The molecule has 75 valence electrons. The van der Waals surface area contributed by atoms with Crippen molar-refractivity contribution in [3.63, 3.8) is 0 Å². The lowest BCUT2D eigenvalue weighted by Crippen LogP contribution is -1.77. The van der Waals surface area contributed by atoms with Gasteiger partial charge in [0.25, 0.3) is 0 Å². The summed E-state index contributed by atoms with van der Waals surface area (Å²) >= 11 is 0.